The van der Waals surface area contributed by atoms with Crippen molar-refractivity contribution in [2.24, 2.45) is 0 Å². The number of nitrogens with one attached hydrogen (secondary N) is 1. The zero-order valence-electron chi connectivity index (χ0n) is 20.9. The molecule has 1 atom stereocenters. The van der Waals surface area contributed by atoms with Crippen molar-refractivity contribution in [3.05, 3.63) is 83.1 Å². The summed E-state index contributed by atoms with van der Waals surface area (Å²) in [6, 6.07) is 11.2. The van der Waals surface area contributed by atoms with Crippen LogP contribution >= 0.6 is 0 Å². The molecule has 1 unspecified atom stereocenters. The number of aryl methyl sites for hydroxylation is 2. The molecule has 1 heterocycles. The fourth-order valence-corrected chi connectivity index (χ4v) is 3.61. The number of unbranched alkanes of at least 4 members (excludes halogenated alkanes) is 1. The molecule has 0 aliphatic heterocycles. The van der Waals surface area contributed by atoms with Gasteiger partial charge in [-0.05, 0) is 69.9 Å². The van der Waals surface area contributed by atoms with Crippen molar-refractivity contribution < 1.29 is 0 Å². The van der Waals surface area contributed by atoms with Crippen molar-refractivity contribution in [3.8, 4) is 0 Å². The van der Waals surface area contributed by atoms with E-state index in [0.717, 1.165) is 23.8 Å². The third kappa shape index (κ3) is 7.76. The first-order valence-electron chi connectivity index (χ1n) is 11.7. The SMILES string of the molecule is C/C=C(\C=C/N(C)/C(=C(\C)c1ccc(C)cc1)c1ccnc(C)n1)CNC(C)CCCC. The first-order chi connectivity index (χ1) is 15.3. The van der Waals surface area contributed by atoms with Gasteiger partial charge in [-0.1, -0.05) is 55.7 Å². The molecular formula is C28H40N4. The molecule has 0 spiro atoms. The highest BCUT2D eigenvalue weighted by atomic mass is 15.1. The van der Waals surface area contributed by atoms with Gasteiger partial charge in [0, 0.05) is 32.0 Å². The van der Waals surface area contributed by atoms with Crippen LogP contribution in [-0.4, -0.2) is 34.5 Å². The summed E-state index contributed by atoms with van der Waals surface area (Å²) >= 11 is 0. The van der Waals surface area contributed by atoms with Crippen LogP contribution < -0.4 is 5.32 Å². The summed E-state index contributed by atoms with van der Waals surface area (Å²) in [5.74, 6) is 0.772. The standard InChI is InChI=1S/C28H40N4/c1-8-10-11-22(4)30-20-25(9-2)17-19-32(7)28(27-16-18-29-24(6)31-27)23(5)26-14-12-21(3)13-15-26/h9,12-19,22,30H,8,10-11,20H2,1-7H3/b19-17-,25-9+,28-23+. The summed E-state index contributed by atoms with van der Waals surface area (Å²) in [6.45, 7) is 13.7. The van der Waals surface area contributed by atoms with E-state index in [1.807, 2.05) is 19.2 Å². The van der Waals surface area contributed by atoms with Gasteiger partial charge < -0.3 is 10.2 Å². The fraction of sp³-hybridized carbons (Fsp3) is 0.429. The second-order valence-electron chi connectivity index (χ2n) is 8.54. The molecule has 0 radical (unpaired) electrons. The van der Waals surface area contributed by atoms with Crippen molar-refractivity contribution in [3.63, 3.8) is 0 Å². The van der Waals surface area contributed by atoms with E-state index in [1.165, 1.54) is 41.5 Å². The Labute approximate surface area is 195 Å². The van der Waals surface area contributed by atoms with Crippen LogP contribution in [0, 0.1) is 13.8 Å². The van der Waals surface area contributed by atoms with Gasteiger partial charge in [-0.3, -0.25) is 0 Å². The van der Waals surface area contributed by atoms with Crippen molar-refractivity contribution in [2.75, 3.05) is 13.6 Å². The molecule has 172 valence electrons. The molecule has 0 aliphatic carbocycles. The number of benzene rings is 1. The molecule has 0 amide bonds. The predicted octanol–water partition coefficient (Wildman–Crippen LogP) is 6.54. The summed E-state index contributed by atoms with van der Waals surface area (Å²) in [5.41, 5.74) is 6.91. The van der Waals surface area contributed by atoms with Crippen molar-refractivity contribution in [1.29, 1.82) is 0 Å². The Kier molecular flexibility index (Phi) is 10.4. The Balaban J connectivity index is 2.29. The van der Waals surface area contributed by atoms with Crippen LogP contribution in [-0.2, 0) is 0 Å². The minimum atomic E-state index is 0.527. The number of aromatic nitrogens is 2. The number of hydrogen-bond donors (Lipinski definition) is 1. The molecule has 4 nitrogen and oxygen atoms in total. The van der Waals surface area contributed by atoms with Gasteiger partial charge in [0.05, 0.1) is 11.4 Å². The van der Waals surface area contributed by atoms with E-state index in [0.29, 0.717) is 6.04 Å². The number of allylic oxidation sites excluding steroid dienone is 2. The van der Waals surface area contributed by atoms with E-state index in [9.17, 15) is 0 Å². The molecule has 0 aliphatic rings. The summed E-state index contributed by atoms with van der Waals surface area (Å²) in [7, 11) is 2.09. The molecule has 1 N–H and O–H groups in total. The van der Waals surface area contributed by atoms with Crippen LogP contribution in [0.2, 0.25) is 0 Å². The first kappa shape index (κ1) is 25.5. The zero-order chi connectivity index (χ0) is 23.5. The lowest BCUT2D eigenvalue weighted by molar-refractivity contribution is 0.515. The van der Waals surface area contributed by atoms with Crippen LogP contribution in [0.4, 0.5) is 0 Å². The van der Waals surface area contributed by atoms with E-state index in [2.05, 4.69) is 99.5 Å². The van der Waals surface area contributed by atoms with Gasteiger partial charge in [-0.15, -0.1) is 0 Å². The lowest BCUT2D eigenvalue weighted by Crippen LogP contribution is -2.27. The number of rotatable bonds is 11. The average Bonchev–Trinajstić information content (AvgIpc) is 2.78. The van der Waals surface area contributed by atoms with E-state index in [1.54, 1.807) is 0 Å². The molecule has 2 rings (SSSR count). The molecule has 0 saturated carbocycles. The second kappa shape index (κ2) is 13.0. The maximum atomic E-state index is 4.72. The van der Waals surface area contributed by atoms with Gasteiger partial charge in [0.2, 0.25) is 0 Å². The largest absolute Gasteiger partial charge is 0.349 e. The third-order valence-electron chi connectivity index (χ3n) is 5.74. The Bertz CT molecular complexity index is 938. The van der Waals surface area contributed by atoms with Crippen LogP contribution in [0.5, 0.6) is 0 Å². The van der Waals surface area contributed by atoms with Gasteiger partial charge in [-0.25, -0.2) is 9.97 Å². The highest BCUT2D eigenvalue weighted by molar-refractivity contribution is 5.88. The normalized spacial score (nSPS) is 13.9. The molecule has 1 aromatic heterocycles. The molecule has 1 aromatic carbocycles. The predicted molar refractivity (Wildman–Crippen MR) is 138 cm³/mol. The van der Waals surface area contributed by atoms with Crippen molar-refractivity contribution in [1.82, 2.24) is 20.2 Å². The van der Waals surface area contributed by atoms with E-state index >= 15 is 0 Å². The maximum absolute atomic E-state index is 4.72. The summed E-state index contributed by atoms with van der Waals surface area (Å²) < 4.78 is 0. The van der Waals surface area contributed by atoms with Crippen LogP contribution in [0.3, 0.4) is 0 Å². The zero-order valence-corrected chi connectivity index (χ0v) is 20.9. The van der Waals surface area contributed by atoms with E-state index in [4.69, 9.17) is 4.98 Å². The maximum Gasteiger partial charge on any atom is 0.125 e. The van der Waals surface area contributed by atoms with Crippen molar-refractivity contribution >= 4 is 11.3 Å². The molecule has 32 heavy (non-hydrogen) atoms. The number of nitrogens with zero attached hydrogens (tertiary/aromatic N) is 3. The molecular weight excluding hydrogens is 392 g/mol. The van der Waals surface area contributed by atoms with Crippen LogP contribution in [0.25, 0.3) is 11.3 Å². The van der Waals surface area contributed by atoms with E-state index < -0.39 is 0 Å². The molecule has 2 aromatic rings. The summed E-state index contributed by atoms with van der Waals surface area (Å²) in [5, 5.41) is 3.64. The number of hydrogen-bond acceptors (Lipinski definition) is 4. The highest BCUT2D eigenvalue weighted by Crippen LogP contribution is 2.28. The van der Waals surface area contributed by atoms with Crippen molar-refractivity contribution in [2.45, 2.75) is 66.8 Å². The summed E-state index contributed by atoms with van der Waals surface area (Å²) in [4.78, 5) is 11.2. The molecule has 0 fully saturated rings. The lowest BCUT2D eigenvalue weighted by atomic mass is 10.0. The molecule has 4 heteroatoms. The van der Waals surface area contributed by atoms with Gasteiger partial charge >= 0.3 is 0 Å². The topological polar surface area (TPSA) is 41.1 Å². The highest BCUT2D eigenvalue weighted by Gasteiger charge is 2.13. The van der Waals surface area contributed by atoms with Gasteiger partial charge in [0.15, 0.2) is 0 Å². The average molecular weight is 433 g/mol. The van der Waals surface area contributed by atoms with Gasteiger partial charge in [-0.2, -0.15) is 0 Å². The third-order valence-corrected chi connectivity index (χ3v) is 5.74. The minimum absolute atomic E-state index is 0.527. The molecule has 0 saturated heterocycles. The fourth-order valence-electron chi connectivity index (χ4n) is 3.61. The summed E-state index contributed by atoms with van der Waals surface area (Å²) in [6.07, 6.45) is 12.1. The lowest BCUT2D eigenvalue weighted by Gasteiger charge is -2.22. The molecule has 0 bridgehead atoms. The van der Waals surface area contributed by atoms with Gasteiger partial charge in [0.1, 0.15) is 5.82 Å². The quantitative estimate of drug-likeness (QED) is 0.409. The van der Waals surface area contributed by atoms with Gasteiger partial charge in [0.25, 0.3) is 0 Å². The second-order valence-corrected chi connectivity index (χ2v) is 8.54. The van der Waals surface area contributed by atoms with Crippen LogP contribution in [0.1, 0.15) is 69.6 Å². The Hall–Kier alpha value is -2.72. The monoisotopic (exact) mass is 432 g/mol. The Morgan fingerprint density at radius 2 is 1.88 bits per heavy atom. The Morgan fingerprint density at radius 3 is 2.50 bits per heavy atom. The first-order valence-corrected chi connectivity index (χ1v) is 11.7. The minimum Gasteiger partial charge on any atom is -0.349 e. The Morgan fingerprint density at radius 1 is 1.16 bits per heavy atom. The smallest absolute Gasteiger partial charge is 0.125 e. The van der Waals surface area contributed by atoms with Crippen LogP contribution in [0.15, 0.2) is 60.5 Å². The van der Waals surface area contributed by atoms with E-state index in [-0.39, 0.29) is 0 Å².